The number of nitrogens with one attached hydrogen (secondary N) is 1. The lowest BCUT2D eigenvalue weighted by atomic mass is 9.85. The Bertz CT molecular complexity index is 520. The molecule has 8 heteroatoms. The maximum Gasteiger partial charge on any atom is 0.410 e. The van der Waals surface area contributed by atoms with Crippen molar-refractivity contribution >= 4 is 12.0 Å². The van der Waals surface area contributed by atoms with Gasteiger partial charge in [0.05, 0.1) is 6.04 Å². The van der Waals surface area contributed by atoms with Crippen molar-refractivity contribution in [3.05, 3.63) is 0 Å². The highest BCUT2D eigenvalue weighted by molar-refractivity contribution is 5.86. The molecule has 0 saturated carbocycles. The van der Waals surface area contributed by atoms with E-state index >= 15 is 0 Å². The Hall–Kier alpha value is -1.91. The van der Waals surface area contributed by atoms with Gasteiger partial charge in [-0.3, -0.25) is 4.79 Å². The molecule has 1 saturated heterocycles. The molecule has 5 nitrogen and oxygen atoms in total. The third-order valence-corrected chi connectivity index (χ3v) is 3.50. The summed E-state index contributed by atoms with van der Waals surface area (Å²) in [6, 6.07) is -0.836. The van der Waals surface area contributed by atoms with Crippen molar-refractivity contribution in [1.82, 2.24) is 10.2 Å². The monoisotopic (exact) mass is 334 g/mol. The van der Waals surface area contributed by atoms with Gasteiger partial charge in [-0.2, -0.15) is 13.2 Å². The van der Waals surface area contributed by atoms with Gasteiger partial charge in [-0.1, -0.05) is 5.92 Å². The number of nitrogens with zero attached hydrogens (tertiary/aromatic N) is 1. The molecule has 0 aromatic heterocycles. The predicted molar refractivity (Wildman–Crippen MR) is 77.3 cm³/mol. The number of carbonyl (C=O) groups is 2. The Balaban J connectivity index is 2.98. The minimum absolute atomic E-state index is 0.216. The zero-order chi connectivity index (χ0) is 18.1. The molecule has 23 heavy (non-hydrogen) atoms. The molecule has 130 valence electrons. The fourth-order valence-electron chi connectivity index (χ4n) is 2.21. The number of amides is 2. The van der Waals surface area contributed by atoms with E-state index < -0.39 is 48.2 Å². The lowest BCUT2D eigenvalue weighted by Crippen LogP contribution is -2.54. The van der Waals surface area contributed by atoms with Gasteiger partial charge in [0.25, 0.3) is 0 Å². The first-order valence-corrected chi connectivity index (χ1v) is 7.14. The first kappa shape index (κ1) is 19.1. The van der Waals surface area contributed by atoms with Gasteiger partial charge in [0.15, 0.2) is 5.41 Å². The van der Waals surface area contributed by atoms with Crippen LogP contribution in [-0.4, -0.2) is 47.8 Å². The van der Waals surface area contributed by atoms with E-state index in [9.17, 15) is 22.8 Å². The zero-order valence-electron chi connectivity index (χ0n) is 13.6. The smallest absolute Gasteiger partial charge is 0.410 e. The van der Waals surface area contributed by atoms with Crippen molar-refractivity contribution in [2.75, 3.05) is 13.1 Å². The summed E-state index contributed by atoms with van der Waals surface area (Å²) in [6.07, 6.45) is -1.12. The molecule has 0 radical (unpaired) electrons. The van der Waals surface area contributed by atoms with E-state index in [1.165, 1.54) is 6.92 Å². The van der Waals surface area contributed by atoms with Crippen LogP contribution < -0.4 is 5.32 Å². The number of hydrogen-bond acceptors (Lipinski definition) is 3. The highest BCUT2D eigenvalue weighted by Crippen LogP contribution is 2.46. The van der Waals surface area contributed by atoms with Gasteiger partial charge in [0.1, 0.15) is 5.60 Å². The Morgan fingerprint density at radius 1 is 1.35 bits per heavy atom. The summed E-state index contributed by atoms with van der Waals surface area (Å²) in [6.45, 7) is 5.24. The molecule has 2 amide bonds. The molecule has 0 aromatic rings. The van der Waals surface area contributed by atoms with Crippen LogP contribution in [0.15, 0.2) is 0 Å². The Morgan fingerprint density at radius 3 is 2.35 bits per heavy atom. The second-order valence-corrected chi connectivity index (χ2v) is 6.59. The van der Waals surface area contributed by atoms with Crippen molar-refractivity contribution in [3.8, 4) is 12.3 Å². The molecule has 0 aliphatic carbocycles. The topological polar surface area (TPSA) is 58.6 Å². The molecular formula is C15H21F3N2O3. The Labute approximate surface area is 133 Å². The molecule has 1 heterocycles. The van der Waals surface area contributed by atoms with E-state index in [1.807, 2.05) is 0 Å². The fourth-order valence-corrected chi connectivity index (χ4v) is 2.21. The molecule has 0 spiro atoms. The van der Waals surface area contributed by atoms with Crippen LogP contribution in [0.3, 0.4) is 0 Å². The minimum atomic E-state index is -4.80. The highest BCUT2D eigenvalue weighted by Gasteiger charge is 2.64. The third kappa shape index (κ3) is 4.30. The number of ether oxygens (including phenoxy) is 1. The van der Waals surface area contributed by atoms with Crippen molar-refractivity contribution in [2.45, 2.75) is 51.9 Å². The van der Waals surface area contributed by atoms with Crippen molar-refractivity contribution in [2.24, 2.45) is 5.41 Å². The van der Waals surface area contributed by atoms with Crippen LogP contribution in [0.4, 0.5) is 18.0 Å². The fraction of sp³-hybridized carbons (Fsp3) is 0.733. The van der Waals surface area contributed by atoms with Gasteiger partial charge >= 0.3 is 12.3 Å². The maximum absolute atomic E-state index is 13.5. The van der Waals surface area contributed by atoms with E-state index in [0.717, 1.165) is 4.90 Å². The van der Waals surface area contributed by atoms with E-state index in [2.05, 4.69) is 11.2 Å². The summed E-state index contributed by atoms with van der Waals surface area (Å²) in [4.78, 5) is 25.0. The normalized spacial score (nSPS) is 23.1. The molecule has 2 unspecified atom stereocenters. The number of carbonyl (C=O) groups excluding carboxylic acids is 2. The van der Waals surface area contributed by atoms with Gasteiger partial charge in [0, 0.05) is 13.1 Å². The molecule has 1 N–H and O–H groups in total. The van der Waals surface area contributed by atoms with E-state index in [4.69, 9.17) is 11.2 Å². The number of rotatable bonds is 2. The van der Waals surface area contributed by atoms with Gasteiger partial charge in [-0.25, -0.2) is 4.79 Å². The third-order valence-electron chi connectivity index (χ3n) is 3.50. The van der Waals surface area contributed by atoms with Crippen LogP contribution in [0.2, 0.25) is 0 Å². The van der Waals surface area contributed by atoms with Crippen molar-refractivity contribution < 1.29 is 27.5 Å². The second kappa shape index (κ2) is 6.30. The molecule has 1 fully saturated rings. The first-order chi connectivity index (χ1) is 10.3. The maximum atomic E-state index is 13.5. The largest absolute Gasteiger partial charge is 0.444 e. The van der Waals surface area contributed by atoms with Crippen LogP contribution in [0, 0.1) is 17.8 Å². The quantitative estimate of drug-likeness (QED) is 0.789. The van der Waals surface area contributed by atoms with Crippen LogP contribution in [0.1, 0.15) is 34.1 Å². The van der Waals surface area contributed by atoms with Crippen LogP contribution in [0.25, 0.3) is 0 Å². The summed E-state index contributed by atoms with van der Waals surface area (Å²) >= 11 is 0. The Kier molecular flexibility index (Phi) is 5.24. The van der Waals surface area contributed by atoms with Gasteiger partial charge < -0.3 is 15.0 Å². The van der Waals surface area contributed by atoms with Crippen LogP contribution >= 0.6 is 0 Å². The summed E-state index contributed by atoms with van der Waals surface area (Å²) < 4.78 is 45.6. The average Bonchev–Trinajstić information content (AvgIpc) is 2.82. The van der Waals surface area contributed by atoms with E-state index in [1.54, 1.807) is 20.8 Å². The van der Waals surface area contributed by atoms with Crippen LogP contribution in [0.5, 0.6) is 0 Å². The lowest BCUT2D eigenvalue weighted by molar-refractivity contribution is -0.217. The molecule has 0 bridgehead atoms. The predicted octanol–water partition coefficient (Wildman–Crippen LogP) is 2.31. The van der Waals surface area contributed by atoms with Crippen molar-refractivity contribution in [1.29, 1.82) is 0 Å². The molecule has 1 aliphatic rings. The molecule has 2 atom stereocenters. The zero-order valence-corrected chi connectivity index (χ0v) is 13.6. The van der Waals surface area contributed by atoms with E-state index in [0.29, 0.717) is 0 Å². The summed E-state index contributed by atoms with van der Waals surface area (Å²) in [5.41, 5.74) is -3.50. The van der Waals surface area contributed by atoms with Gasteiger partial charge in [0.2, 0.25) is 5.91 Å². The van der Waals surface area contributed by atoms with Gasteiger partial charge in [-0.05, 0) is 34.1 Å². The first-order valence-electron chi connectivity index (χ1n) is 7.14. The summed E-state index contributed by atoms with van der Waals surface area (Å²) in [5, 5.41) is 2.15. The standard InChI is InChI=1S/C15H21F3N2O3/c1-6-10(2)19-11(21)14(15(16,17)18)7-8-20(9-14)12(22)23-13(3,4)5/h1,10H,7-9H2,2-5H3,(H,19,21). The molecule has 0 aromatic carbocycles. The number of likely N-dealkylation sites (tertiary alicyclic amines) is 1. The van der Waals surface area contributed by atoms with Crippen LogP contribution in [-0.2, 0) is 9.53 Å². The summed E-state index contributed by atoms with van der Waals surface area (Å²) in [5.74, 6) is 0.928. The number of hydrogen-bond donors (Lipinski definition) is 1. The van der Waals surface area contributed by atoms with E-state index in [-0.39, 0.29) is 6.54 Å². The minimum Gasteiger partial charge on any atom is -0.444 e. The van der Waals surface area contributed by atoms with Crippen molar-refractivity contribution in [3.63, 3.8) is 0 Å². The number of alkyl halides is 3. The second-order valence-electron chi connectivity index (χ2n) is 6.59. The molecule has 1 rings (SSSR count). The summed E-state index contributed by atoms with van der Waals surface area (Å²) in [7, 11) is 0. The number of halogens is 3. The molecule has 1 aliphatic heterocycles. The molecular weight excluding hydrogens is 313 g/mol. The SMILES string of the molecule is C#CC(C)NC(=O)C1(C(F)(F)F)CCN(C(=O)OC(C)(C)C)C1. The number of terminal acetylenes is 1. The average molecular weight is 334 g/mol. The Morgan fingerprint density at radius 2 is 1.91 bits per heavy atom. The highest BCUT2D eigenvalue weighted by atomic mass is 19.4. The lowest BCUT2D eigenvalue weighted by Gasteiger charge is -2.31. The van der Waals surface area contributed by atoms with Gasteiger partial charge in [-0.15, -0.1) is 6.42 Å².